The molecule has 43 heavy (non-hydrogen) atoms. The van der Waals surface area contributed by atoms with Crippen LogP contribution in [0.1, 0.15) is 27.2 Å². The number of rotatable bonds is 12. The number of hydrogen-bond donors (Lipinski definition) is 3. The molecule has 1 aliphatic rings. The molecule has 5 rings (SSSR count). The lowest BCUT2D eigenvalue weighted by atomic mass is 10.2. The summed E-state index contributed by atoms with van der Waals surface area (Å²) in [5.41, 5.74) is 0.886. The molecule has 0 radical (unpaired) electrons. The number of hydrogen-bond acceptors (Lipinski definition) is 12. The fourth-order valence-corrected chi connectivity index (χ4v) is 5.62. The Balaban J connectivity index is 1.18. The molecule has 4 aromatic heterocycles. The number of aliphatic hydroxyl groups is 1. The molecule has 13 nitrogen and oxygen atoms in total. The van der Waals surface area contributed by atoms with E-state index in [0.29, 0.717) is 39.6 Å². The van der Waals surface area contributed by atoms with Gasteiger partial charge in [0, 0.05) is 36.4 Å². The first kappa shape index (κ1) is 30.6. The number of fused-ring (bicyclic) bond motifs is 1. The Bertz CT molecular complexity index is 1590. The molecule has 0 bridgehead atoms. The second kappa shape index (κ2) is 13.2. The standard InChI is InChI=1S/C27H32FN9O4S2/c1-27(2,3)41-26(40)37(11-16(38)6-17-13-42-17)12-23(39)30-4-5-36-15-34-19-9-31-22(7-20(19)36)35-25-32-10-21(43-25)24-18(28)8-29-14-33-24/h7-10,14-17,38H,4-6,11-13H2,1-3H3,(H,30,39)(H,31,32,35)/t16-,17?/m1/s1. The van der Waals surface area contributed by atoms with Gasteiger partial charge in [-0.25, -0.2) is 34.1 Å². The summed E-state index contributed by atoms with van der Waals surface area (Å²) < 4.78 is 21.4. The highest BCUT2D eigenvalue weighted by atomic mass is 32.2. The molecule has 0 aliphatic carbocycles. The molecule has 0 spiro atoms. The summed E-state index contributed by atoms with van der Waals surface area (Å²) in [7, 11) is 0. The lowest BCUT2D eigenvalue weighted by molar-refractivity contribution is -0.122. The molecule has 1 fully saturated rings. The first-order valence-electron chi connectivity index (χ1n) is 13.6. The third kappa shape index (κ3) is 8.58. The van der Waals surface area contributed by atoms with E-state index < -0.39 is 23.6 Å². The third-order valence-corrected chi connectivity index (χ3v) is 8.10. The van der Waals surface area contributed by atoms with E-state index in [4.69, 9.17) is 4.74 Å². The highest BCUT2D eigenvalue weighted by molar-refractivity contribution is 8.06. The molecule has 2 amide bonds. The SMILES string of the molecule is CC(C)(C)OC(=O)N(CC(=O)NCCn1cnc2cnc(Nc3ncc(-c4ncncc4F)s3)cc21)C[C@H](O)CC1CS1. The van der Waals surface area contributed by atoms with Gasteiger partial charge >= 0.3 is 6.09 Å². The lowest BCUT2D eigenvalue weighted by Gasteiger charge is -2.28. The Morgan fingerprint density at radius 1 is 1.23 bits per heavy atom. The minimum absolute atomic E-state index is 0.0168. The maximum atomic E-state index is 14.0. The number of halogens is 1. The molecular weight excluding hydrogens is 597 g/mol. The quantitative estimate of drug-likeness (QED) is 0.197. The minimum Gasteiger partial charge on any atom is -0.444 e. The van der Waals surface area contributed by atoms with Crippen LogP contribution in [0.25, 0.3) is 21.6 Å². The van der Waals surface area contributed by atoms with E-state index in [1.807, 2.05) is 4.57 Å². The summed E-state index contributed by atoms with van der Waals surface area (Å²) in [4.78, 5) is 48.0. The first-order chi connectivity index (χ1) is 20.5. The van der Waals surface area contributed by atoms with Crippen molar-refractivity contribution < 1.29 is 23.8 Å². The predicted octanol–water partition coefficient (Wildman–Crippen LogP) is 3.45. The van der Waals surface area contributed by atoms with E-state index >= 15 is 0 Å². The van der Waals surface area contributed by atoms with Gasteiger partial charge in [0.05, 0.1) is 41.8 Å². The van der Waals surface area contributed by atoms with E-state index in [-0.39, 0.29) is 31.2 Å². The van der Waals surface area contributed by atoms with Gasteiger partial charge in [-0.1, -0.05) is 11.3 Å². The molecule has 228 valence electrons. The van der Waals surface area contributed by atoms with Crippen molar-refractivity contribution in [3.8, 4) is 10.6 Å². The average molecular weight is 630 g/mol. The summed E-state index contributed by atoms with van der Waals surface area (Å²) in [6, 6.07) is 1.81. The maximum absolute atomic E-state index is 14.0. The molecule has 1 saturated heterocycles. The predicted molar refractivity (Wildman–Crippen MR) is 162 cm³/mol. The van der Waals surface area contributed by atoms with E-state index in [9.17, 15) is 19.1 Å². The van der Waals surface area contributed by atoms with Crippen LogP contribution in [0.4, 0.5) is 20.1 Å². The molecule has 16 heteroatoms. The number of thiazole rings is 1. The van der Waals surface area contributed by atoms with Crippen molar-refractivity contribution in [2.24, 2.45) is 0 Å². The van der Waals surface area contributed by atoms with Gasteiger partial charge in [-0.3, -0.25) is 9.69 Å². The van der Waals surface area contributed by atoms with Crippen LogP contribution in [0.5, 0.6) is 0 Å². The fraction of sp³-hybridized carbons (Fsp3) is 0.444. The van der Waals surface area contributed by atoms with Crippen molar-refractivity contribution in [2.75, 3.05) is 30.7 Å². The highest BCUT2D eigenvalue weighted by Crippen LogP contribution is 2.34. The zero-order valence-electron chi connectivity index (χ0n) is 23.9. The van der Waals surface area contributed by atoms with Crippen LogP contribution in [-0.4, -0.2) is 93.8 Å². The van der Waals surface area contributed by atoms with Gasteiger partial charge in [0.25, 0.3) is 0 Å². The van der Waals surface area contributed by atoms with E-state index in [0.717, 1.165) is 17.5 Å². The van der Waals surface area contributed by atoms with Gasteiger partial charge < -0.3 is 25.0 Å². The summed E-state index contributed by atoms with van der Waals surface area (Å²) >= 11 is 2.99. The van der Waals surface area contributed by atoms with Gasteiger partial charge in [-0.15, -0.1) is 0 Å². The summed E-state index contributed by atoms with van der Waals surface area (Å²) in [5.74, 6) is 0.610. The highest BCUT2D eigenvalue weighted by Gasteiger charge is 2.30. The van der Waals surface area contributed by atoms with Crippen LogP contribution < -0.4 is 10.6 Å². The molecule has 0 aromatic carbocycles. The topological polar surface area (TPSA) is 160 Å². The Morgan fingerprint density at radius 3 is 2.79 bits per heavy atom. The minimum atomic E-state index is -0.738. The number of aromatic nitrogens is 6. The van der Waals surface area contributed by atoms with E-state index in [1.54, 1.807) is 51.1 Å². The Kier molecular flexibility index (Phi) is 9.37. The van der Waals surface area contributed by atoms with Crippen molar-refractivity contribution in [1.82, 2.24) is 39.7 Å². The van der Waals surface area contributed by atoms with Gasteiger partial charge in [-0.2, -0.15) is 11.8 Å². The molecule has 1 unspecified atom stereocenters. The summed E-state index contributed by atoms with van der Waals surface area (Å²) in [6.07, 6.45) is 6.37. The number of nitrogens with zero attached hydrogens (tertiary/aromatic N) is 7. The van der Waals surface area contributed by atoms with Crippen LogP contribution in [0.2, 0.25) is 0 Å². The average Bonchev–Trinajstić information content (AvgIpc) is 3.48. The molecule has 5 heterocycles. The van der Waals surface area contributed by atoms with E-state index in [1.165, 1.54) is 28.8 Å². The monoisotopic (exact) mass is 629 g/mol. The largest absolute Gasteiger partial charge is 0.444 e. The Labute approximate surface area is 255 Å². The molecular formula is C27H32FN9O4S2. The molecule has 1 aliphatic heterocycles. The van der Waals surface area contributed by atoms with Crippen molar-refractivity contribution in [3.05, 3.63) is 43.1 Å². The van der Waals surface area contributed by atoms with Crippen molar-refractivity contribution in [2.45, 2.75) is 50.7 Å². The number of thioether (sulfide) groups is 1. The number of aliphatic hydroxyl groups excluding tert-OH is 1. The maximum Gasteiger partial charge on any atom is 0.410 e. The molecule has 4 aromatic rings. The Hall–Kier alpha value is -3.89. The van der Waals surface area contributed by atoms with Crippen LogP contribution in [-0.2, 0) is 16.1 Å². The molecule has 2 atom stereocenters. The smallest absolute Gasteiger partial charge is 0.410 e. The summed E-state index contributed by atoms with van der Waals surface area (Å²) in [6.45, 7) is 5.72. The van der Waals surface area contributed by atoms with Gasteiger partial charge in [0.15, 0.2) is 10.9 Å². The number of ether oxygens (including phenoxy) is 1. The van der Waals surface area contributed by atoms with Gasteiger partial charge in [0.2, 0.25) is 5.91 Å². The number of amides is 2. The van der Waals surface area contributed by atoms with Gasteiger partial charge in [-0.05, 0) is 27.2 Å². The number of anilines is 2. The van der Waals surface area contributed by atoms with Crippen molar-refractivity contribution >= 4 is 57.1 Å². The Morgan fingerprint density at radius 2 is 2.05 bits per heavy atom. The van der Waals surface area contributed by atoms with Crippen molar-refractivity contribution in [1.29, 1.82) is 0 Å². The number of carbonyl (C=O) groups excluding carboxylic acids is 2. The number of imidazole rings is 1. The zero-order valence-corrected chi connectivity index (χ0v) is 25.5. The van der Waals surface area contributed by atoms with Gasteiger partial charge in [0.1, 0.15) is 35.5 Å². The van der Waals surface area contributed by atoms with E-state index in [2.05, 4.69) is 35.6 Å². The molecule has 0 saturated carbocycles. The van der Waals surface area contributed by atoms with Crippen LogP contribution in [0.15, 0.2) is 37.3 Å². The number of nitrogens with one attached hydrogen (secondary N) is 2. The summed E-state index contributed by atoms with van der Waals surface area (Å²) in [5, 5.41) is 17.3. The van der Waals surface area contributed by atoms with Crippen LogP contribution in [0.3, 0.4) is 0 Å². The fourth-order valence-electron chi connectivity index (χ4n) is 4.16. The zero-order chi connectivity index (χ0) is 30.6. The molecule has 3 N–H and O–H groups in total. The first-order valence-corrected chi connectivity index (χ1v) is 15.4. The number of pyridine rings is 1. The normalized spacial score (nSPS) is 15.2. The lowest BCUT2D eigenvalue weighted by Crippen LogP contribution is -2.46. The van der Waals surface area contributed by atoms with Crippen molar-refractivity contribution in [3.63, 3.8) is 0 Å². The second-order valence-electron chi connectivity index (χ2n) is 10.9. The number of carbonyl (C=O) groups is 2. The second-order valence-corrected chi connectivity index (χ2v) is 13.3. The third-order valence-electron chi connectivity index (χ3n) is 6.18. The van der Waals surface area contributed by atoms with Crippen LogP contribution >= 0.6 is 23.1 Å². The van der Waals surface area contributed by atoms with Crippen LogP contribution in [0, 0.1) is 5.82 Å².